The first-order chi connectivity index (χ1) is 29.1. The lowest BCUT2D eigenvalue weighted by molar-refractivity contribution is -0.150. The minimum atomic E-state index is -0.648. The average Bonchev–Trinajstić information content (AvgIpc) is 3.24. The van der Waals surface area contributed by atoms with Crippen molar-refractivity contribution in [3.05, 3.63) is 150 Å². The van der Waals surface area contributed by atoms with E-state index >= 15 is 0 Å². The molecule has 11 nitrogen and oxygen atoms in total. The van der Waals surface area contributed by atoms with E-state index in [1.807, 2.05) is 48.5 Å². The third-order valence-electron chi connectivity index (χ3n) is 9.40. The number of aryl methyl sites for hydroxylation is 1. The Hall–Kier alpha value is -7.01. The van der Waals surface area contributed by atoms with Crippen LogP contribution < -0.4 is 18.9 Å². The van der Waals surface area contributed by atoms with Gasteiger partial charge >= 0.3 is 29.8 Å². The first-order valence-corrected chi connectivity index (χ1v) is 19.8. The lowest BCUT2D eigenvalue weighted by Gasteiger charge is -2.33. The van der Waals surface area contributed by atoms with Crippen molar-refractivity contribution in [3.63, 3.8) is 0 Å². The molecule has 0 spiro atoms. The van der Waals surface area contributed by atoms with Crippen molar-refractivity contribution in [2.24, 2.45) is 5.41 Å². The van der Waals surface area contributed by atoms with Gasteiger partial charge in [0.15, 0.2) is 0 Å². The van der Waals surface area contributed by atoms with Crippen LogP contribution in [-0.4, -0.2) is 49.7 Å². The number of carbonyl (C=O) groups excluding carboxylic acids is 5. The highest BCUT2D eigenvalue weighted by Crippen LogP contribution is 2.32. The van der Waals surface area contributed by atoms with E-state index in [4.69, 9.17) is 28.4 Å². The Morgan fingerprint density at radius 1 is 0.623 bits per heavy atom. The normalized spacial score (nSPS) is 11.0. The number of carbonyl (C=O) groups is 5. The zero-order valence-electron chi connectivity index (χ0n) is 35.4. The quantitative estimate of drug-likeness (QED) is 0.0450. The molecule has 0 aliphatic rings. The molecule has 4 aromatic carbocycles. The van der Waals surface area contributed by atoms with E-state index in [1.165, 1.54) is 43.3 Å². The molecule has 0 saturated carbocycles. The summed E-state index contributed by atoms with van der Waals surface area (Å²) >= 11 is 0. The van der Waals surface area contributed by atoms with Gasteiger partial charge in [-0.1, -0.05) is 75.9 Å². The van der Waals surface area contributed by atoms with Crippen LogP contribution in [0.25, 0.3) is 17.2 Å². The van der Waals surface area contributed by atoms with Crippen LogP contribution in [0.1, 0.15) is 74.9 Å². The predicted molar refractivity (Wildman–Crippen MR) is 233 cm³/mol. The largest absolute Gasteiger partial charge is 0.494 e. The van der Waals surface area contributed by atoms with Gasteiger partial charge in [0.25, 0.3) is 0 Å². The number of rotatable bonds is 21. The van der Waals surface area contributed by atoms with Gasteiger partial charge in [-0.15, -0.1) is 0 Å². The molecule has 0 aliphatic heterocycles. The number of unbranched alkanes of at least 4 members (excludes halogenated alkanes) is 1. The Kier molecular flexibility index (Phi) is 17.1. The highest BCUT2D eigenvalue weighted by Gasteiger charge is 2.34. The van der Waals surface area contributed by atoms with E-state index in [0.29, 0.717) is 47.7 Å². The van der Waals surface area contributed by atoms with E-state index in [9.17, 15) is 24.0 Å². The Morgan fingerprint density at radius 3 is 1.70 bits per heavy atom. The molecule has 0 heterocycles. The minimum absolute atomic E-state index is 0.0589. The summed E-state index contributed by atoms with van der Waals surface area (Å²) in [5.41, 5.74) is 3.73. The molecule has 0 unspecified atom stereocenters. The average molecular weight is 829 g/mol. The molecule has 0 aromatic heterocycles. The number of ether oxygens (including phenoxy) is 6. The Labute approximate surface area is 357 Å². The molecular weight excluding hydrogens is 777 g/mol. The molecule has 0 amide bonds. The third kappa shape index (κ3) is 14.6. The van der Waals surface area contributed by atoms with Gasteiger partial charge in [0.2, 0.25) is 0 Å². The molecular formula is C50H52O11. The van der Waals surface area contributed by atoms with Crippen LogP contribution in [0.15, 0.2) is 134 Å². The Morgan fingerprint density at radius 2 is 1.16 bits per heavy atom. The number of hydrogen-bond acceptors (Lipinski definition) is 11. The zero-order valence-corrected chi connectivity index (χ0v) is 35.4. The number of benzene rings is 4. The predicted octanol–water partition coefficient (Wildman–Crippen LogP) is 10.2. The fourth-order valence-electron chi connectivity index (χ4n) is 5.73. The summed E-state index contributed by atoms with van der Waals surface area (Å²) in [5, 5.41) is 0. The lowest BCUT2D eigenvalue weighted by atomic mass is 9.81. The van der Waals surface area contributed by atoms with Crippen LogP contribution in [0.5, 0.6) is 23.0 Å². The summed E-state index contributed by atoms with van der Waals surface area (Å²) in [4.78, 5) is 61.6. The maximum absolute atomic E-state index is 12.7. The Balaban J connectivity index is 1.30. The van der Waals surface area contributed by atoms with Crippen LogP contribution >= 0.6 is 0 Å². The maximum atomic E-state index is 12.7. The zero-order chi connectivity index (χ0) is 44.5. The van der Waals surface area contributed by atoms with E-state index in [2.05, 4.69) is 26.7 Å². The number of hydrogen-bond donors (Lipinski definition) is 0. The van der Waals surface area contributed by atoms with E-state index in [1.54, 1.807) is 39.0 Å². The minimum Gasteiger partial charge on any atom is -0.494 e. The summed E-state index contributed by atoms with van der Waals surface area (Å²) in [7, 11) is 0. The molecule has 0 fully saturated rings. The topological polar surface area (TPSA) is 141 Å². The molecule has 11 heteroatoms. The first kappa shape index (κ1) is 46.7. The molecule has 0 radical (unpaired) electrons. The van der Waals surface area contributed by atoms with Gasteiger partial charge in [0.1, 0.15) is 36.2 Å². The van der Waals surface area contributed by atoms with Crippen molar-refractivity contribution in [1.82, 2.24) is 0 Å². The highest BCUT2D eigenvalue weighted by atomic mass is 16.6. The van der Waals surface area contributed by atoms with Crippen molar-refractivity contribution in [3.8, 4) is 34.1 Å². The SMILES string of the molecule is C=C(C)C(=O)OCC(CCCC)(CCOc1ccc(-c2ccc(/C=C/C(=O)Oc3ccc(OC(=O)c4ccc(OC(=O)C(=C)C)cc4)cc3C)cc2)cc1)COC(=O)C(=C)C. The Bertz CT molecular complexity index is 2230. The van der Waals surface area contributed by atoms with Crippen molar-refractivity contribution >= 4 is 35.9 Å². The summed E-state index contributed by atoms with van der Waals surface area (Å²) in [6.45, 7) is 19.8. The van der Waals surface area contributed by atoms with Gasteiger partial charge in [0.05, 0.1) is 12.2 Å². The first-order valence-electron chi connectivity index (χ1n) is 19.8. The molecule has 0 N–H and O–H groups in total. The van der Waals surface area contributed by atoms with Gasteiger partial charge < -0.3 is 28.4 Å². The third-order valence-corrected chi connectivity index (χ3v) is 9.40. The van der Waals surface area contributed by atoms with E-state index in [-0.39, 0.29) is 35.8 Å². The van der Waals surface area contributed by atoms with Crippen LogP contribution in [0.3, 0.4) is 0 Å². The standard InChI is InChI=1S/C50H52O11/c1-9-10-27-50(31-57-46(52)33(2)3,32-58-47(53)34(4)5)28-29-56-41-20-16-39(17-21-41)38-14-11-37(12-15-38)13-26-45(51)61-44-25-24-43(30-36(44)8)60-49(55)40-18-22-42(23-19-40)59-48(54)35(6)7/h11-26,30H,2,4,6,9-10,27-29,31-32H2,1,3,5,7-8H3/b26-13+. The summed E-state index contributed by atoms with van der Waals surface area (Å²) in [5.74, 6) is -1.26. The lowest BCUT2D eigenvalue weighted by Crippen LogP contribution is -2.36. The summed E-state index contributed by atoms with van der Waals surface area (Å²) < 4.78 is 33.4. The summed E-state index contributed by atoms with van der Waals surface area (Å²) in [6.07, 6.45) is 5.88. The molecule has 4 aromatic rings. The second kappa shape index (κ2) is 22.4. The molecule has 61 heavy (non-hydrogen) atoms. The summed E-state index contributed by atoms with van der Waals surface area (Å²) in [6, 6.07) is 25.9. The second-order valence-electron chi connectivity index (χ2n) is 14.8. The monoisotopic (exact) mass is 828 g/mol. The van der Waals surface area contributed by atoms with E-state index in [0.717, 1.165) is 29.5 Å². The van der Waals surface area contributed by atoms with Gasteiger partial charge in [0, 0.05) is 28.2 Å². The van der Waals surface area contributed by atoms with Gasteiger partial charge in [-0.2, -0.15) is 0 Å². The van der Waals surface area contributed by atoms with Crippen molar-refractivity contribution in [1.29, 1.82) is 0 Å². The van der Waals surface area contributed by atoms with Gasteiger partial charge in [-0.3, -0.25) is 0 Å². The smallest absolute Gasteiger partial charge is 0.343 e. The number of esters is 5. The van der Waals surface area contributed by atoms with Crippen molar-refractivity contribution < 1.29 is 52.4 Å². The molecule has 318 valence electrons. The van der Waals surface area contributed by atoms with Crippen LogP contribution in [-0.2, 0) is 28.7 Å². The van der Waals surface area contributed by atoms with E-state index < -0.39 is 35.3 Å². The molecule has 0 saturated heterocycles. The molecule has 4 rings (SSSR count). The maximum Gasteiger partial charge on any atom is 0.343 e. The fraction of sp³-hybridized carbons (Fsp3) is 0.260. The molecule has 0 aliphatic carbocycles. The fourth-order valence-corrected chi connectivity index (χ4v) is 5.73. The van der Waals surface area contributed by atoms with Crippen molar-refractivity contribution in [2.75, 3.05) is 19.8 Å². The van der Waals surface area contributed by atoms with Crippen LogP contribution in [0.4, 0.5) is 0 Å². The molecule has 0 bridgehead atoms. The van der Waals surface area contributed by atoms with Gasteiger partial charge in [-0.25, -0.2) is 24.0 Å². The van der Waals surface area contributed by atoms with Crippen LogP contribution in [0.2, 0.25) is 0 Å². The molecule has 0 atom stereocenters. The second-order valence-corrected chi connectivity index (χ2v) is 14.8. The van der Waals surface area contributed by atoms with Crippen molar-refractivity contribution in [2.45, 2.75) is 60.3 Å². The highest BCUT2D eigenvalue weighted by molar-refractivity contribution is 5.92. The van der Waals surface area contributed by atoms with Crippen LogP contribution in [0, 0.1) is 12.3 Å². The van der Waals surface area contributed by atoms with Gasteiger partial charge in [-0.05, 0) is 123 Å².